The molecule has 1 N–H and O–H groups in total. The number of nitrogens with one attached hydrogen (secondary N) is 1. The van der Waals surface area contributed by atoms with Crippen LogP contribution in [0.2, 0.25) is 0 Å². The highest BCUT2D eigenvalue weighted by molar-refractivity contribution is 5.80. The molecule has 0 aromatic rings. The zero-order chi connectivity index (χ0) is 11.2. The summed E-state index contributed by atoms with van der Waals surface area (Å²) in [6.45, 7) is 1.51. The van der Waals surface area contributed by atoms with Gasteiger partial charge >= 0.3 is 0 Å². The number of hydrogen-bond acceptors (Lipinski definition) is 2. The molecule has 2 rings (SSSR count). The summed E-state index contributed by atoms with van der Waals surface area (Å²) >= 11 is 0. The van der Waals surface area contributed by atoms with E-state index in [4.69, 9.17) is 4.74 Å². The van der Waals surface area contributed by atoms with Gasteiger partial charge in [0.1, 0.15) is 6.10 Å². The molecule has 2 aliphatic rings. The summed E-state index contributed by atoms with van der Waals surface area (Å²) in [7, 11) is 0. The molecule has 3 nitrogen and oxygen atoms in total. The molecule has 1 aliphatic carbocycles. The summed E-state index contributed by atoms with van der Waals surface area (Å²) in [4.78, 5) is 11.6. The van der Waals surface area contributed by atoms with E-state index in [2.05, 4.69) is 11.4 Å². The second-order valence-corrected chi connectivity index (χ2v) is 4.65. The lowest BCUT2D eigenvalue weighted by atomic mass is 9.97. The summed E-state index contributed by atoms with van der Waals surface area (Å²) in [6.07, 6.45) is 10.1. The van der Waals surface area contributed by atoms with E-state index in [0.717, 1.165) is 32.4 Å². The molecule has 1 unspecified atom stereocenters. The fraction of sp³-hybridized carbons (Fsp3) is 0.769. The predicted octanol–water partition coefficient (Wildman–Crippen LogP) is 2.17. The monoisotopic (exact) mass is 223 g/mol. The first-order valence-corrected chi connectivity index (χ1v) is 6.43. The van der Waals surface area contributed by atoms with Gasteiger partial charge in [-0.25, -0.2) is 0 Å². The molecule has 0 aromatic heterocycles. The van der Waals surface area contributed by atoms with Crippen molar-refractivity contribution >= 4 is 5.91 Å². The zero-order valence-corrected chi connectivity index (χ0v) is 9.84. The first-order chi connectivity index (χ1) is 7.86. The standard InChI is InChI=1S/C13H21NO2/c15-13(12-7-4-10-16-12)14-9-8-11-5-2-1-3-6-11/h5,12H,1-4,6-10H2,(H,14,15). The maximum absolute atomic E-state index is 11.6. The van der Waals surface area contributed by atoms with Crippen molar-refractivity contribution < 1.29 is 9.53 Å². The fourth-order valence-electron chi connectivity index (χ4n) is 2.38. The highest BCUT2D eigenvalue weighted by Gasteiger charge is 2.22. The van der Waals surface area contributed by atoms with Gasteiger partial charge in [-0.2, -0.15) is 0 Å². The number of amides is 1. The number of ether oxygens (including phenoxy) is 1. The van der Waals surface area contributed by atoms with Gasteiger partial charge in [-0.15, -0.1) is 0 Å². The van der Waals surface area contributed by atoms with Gasteiger partial charge < -0.3 is 10.1 Å². The minimum Gasteiger partial charge on any atom is -0.368 e. The van der Waals surface area contributed by atoms with Crippen LogP contribution in [0.3, 0.4) is 0 Å². The number of rotatable bonds is 4. The lowest BCUT2D eigenvalue weighted by Gasteiger charge is -2.14. The van der Waals surface area contributed by atoms with E-state index in [9.17, 15) is 4.79 Å². The van der Waals surface area contributed by atoms with Gasteiger partial charge in [-0.05, 0) is 44.9 Å². The third kappa shape index (κ3) is 3.34. The van der Waals surface area contributed by atoms with E-state index in [1.54, 1.807) is 0 Å². The molecule has 1 amide bonds. The van der Waals surface area contributed by atoms with Gasteiger partial charge in [0.05, 0.1) is 0 Å². The summed E-state index contributed by atoms with van der Waals surface area (Å²) < 4.78 is 5.33. The van der Waals surface area contributed by atoms with Gasteiger partial charge in [0.15, 0.2) is 0 Å². The maximum atomic E-state index is 11.6. The van der Waals surface area contributed by atoms with E-state index < -0.39 is 0 Å². The van der Waals surface area contributed by atoms with Crippen molar-refractivity contribution in [3.63, 3.8) is 0 Å². The van der Waals surface area contributed by atoms with Crippen molar-refractivity contribution in [2.75, 3.05) is 13.2 Å². The van der Waals surface area contributed by atoms with Crippen LogP contribution in [0.15, 0.2) is 11.6 Å². The molecule has 0 bridgehead atoms. The Kier molecular flexibility index (Phi) is 4.40. The van der Waals surface area contributed by atoms with Crippen molar-refractivity contribution in [3.05, 3.63) is 11.6 Å². The topological polar surface area (TPSA) is 38.3 Å². The average molecular weight is 223 g/mol. The minimum atomic E-state index is -0.180. The van der Waals surface area contributed by atoms with E-state index >= 15 is 0 Å². The first-order valence-electron chi connectivity index (χ1n) is 6.43. The normalized spacial score (nSPS) is 25.2. The number of allylic oxidation sites excluding steroid dienone is 1. The molecule has 1 aliphatic heterocycles. The van der Waals surface area contributed by atoms with Gasteiger partial charge in [-0.3, -0.25) is 4.79 Å². The fourth-order valence-corrected chi connectivity index (χ4v) is 2.38. The van der Waals surface area contributed by atoms with Crippen LogP contribution in [0.25, 0.3) is 0 Å². The van der Waals surface area contributed by atoms with Crippen LogP contribution in [0.4, 0.5) is 0 Å². The SMILES string of the molecule is O=C(NCCC1=CCCCC1)C1CCCO1. The highest BCUT2D eigenvalue weighted by atomic mass is 16.5. The molecular formula is C13H21NO2. The van der Waals surface area contributed by atoms with Gasteiger partial charge in [0.2, 0.25) is 5.91 Å². The third-order valence-corrected chi connectivity index (χ3v) is 3.35. The molecule has 3 heteroatoms. The number of hydrogen-bond donors (Lipinski definition) is 1. The van der Waals surface area contributed by atoms with Crippen LogP contribution in [-0.4, -0.2) is 25.2 Å². The van der Waals surface area contributed by atoms with Crippen molar-refractivity contribution in [3.8, 4) is 0 Å². The van der Waals surface area contributed by atoms with Crippen LogP contribution in [-0.2, 0) is 9.53 Å². The minimum absolute atomic E-state index is 0.0777. The Balaban J connectivity index is 1.63. The molecule has 0 spiro atoms. The van der Waals surface area contributed by atoms with Crippen LogP contribution >= 0.6 is 0 Å². The summed E-state index contributed by atoms with van der Waals surface area (Å²) in [5.74, 6) is 0.0777. The second-order valence-electron chi connectivity index (χ2n) is 4.65. The first kappa shape index (κ1) is 11.6. The second kappa shape index (κ2) is 6.04. The summed E-state index contributed by atoms with van der Waals surface area (Å²) in [5.41, 5.74) is 1.51. The summed E-state index contributed by atoms with van der Waals surface area (Å²) in [6, 6.07) is 0. The van der Waals surface area contributed by atoms with Crippen molar-refractivity contribution in [1.29, 1.82) is 0 Å². The average Bonchev–Trinajstić information content (AvgIpc) is 2.84. The maximum Gasteiger partial charge on any atom is 0.249 e. The zero-order valence-electron chi connectivity index (χ0n) is 9.84. The Morgan fingerprint density at radius 2 is 2.38 bits per heavy atom. The molecular weight excluding hydrogens is 202 g/mol. The van der Waals surface area contributed by atoms with E-state index in [1.807, 2.05) is 0 Å². The van der Waals surface area contributed by atoms with E-state index in [1.165, 1.54) is 31.3 Å². The van der Waals surface area contributed by atoms with E-state index in [-0.39, 0.29) is 12.0 Å². The Labute approximate surface area is 97.2 Å². The quantitative estimate of drug-likeness (QED) is 0.742. The van der Waals surface area contributed by atoms with Crippen molar-refractivity contribution in [2.45, 2.75) is 51.0 Å². The number of carbonyl (C=O) groups excluding carboxylic acids is 1. The molecule has 0 saturated carbocycles. The Morgan fingerprint density at radius 1 is 1.44 bits per heavy atom. The predicted molar refractivity (Wildman–Crippen MR) is 63.2 cm³/mol. The lowest BCUT2D eigenvalue weighted by molar-refractivity contribution is -0.129. The molecule has 1 heterocycles. The van der Waals surface area contributed by atoms with Crippen molar-refractivity contribution in [2.24, 2.45) is 0 Å². The van der Waals surface area contributed by atoms with Crippen LogP contribution in [0.1, 0.15) is 44.9 Å². The van der Waals surface area contributed by atoms with Crippen LogP contribution in [0.5, 0.6) is 0 Å². The van der Waals surface area contributed by atoms with E-state index in [0.29, 0.717) is 0 Å². The Hall–Kier alpha value is -0.830. The Morgan fingerprint density at radius 3 is 3.06 bits per heavy atom. The largest absolute Gasteiger partial charge is 0.368 e. The molecule has 0 aromatic carbocycles. The smallest absolute Gasteiger partial charge is 0.249 e. The third-order valence-electron chi connectivity index (χ3n) is 3.35. The van der Waals surface area contributed by atoms with Gasteiger partial charge in [0, 0.05) is 13.2 Å². The van der Waals surface area contributed by atoms with Crippen LogP contribution < -0.4 is 5.32 Å². The van der Waals surface area contributed by atoms with Gasteiger partial charge in [0.25, 0.3) is 0 Å². The lowest BCUT2D eigenvalue weighted by Crippen LogP contribution is -2.34. The molecule has 16 heavy (non-hydrogen) atoms. The molecule has 1 atom stereocenters. The molecule has 1 fully saturated rings. The van der Waals surface area contributed by atoms with Crippen LogP contribution in [0, 0.1) is 0 Å². The van der Waals surface area contributed by atoms with Gasteiger partial charge in [-0.1, -0.05) is 11.6 Å². The molecule has 0 radical (unpaired) electrons. The molecule has 1 saturated heterocycles. The number of carbonyl (C=O) groups is 1. The highest BCUT2D eigenvalue weighted by Crippen LogP contribution is 2.19. The molecule has 90 valence electrons. The van der Waals surface area contributed by atoms with Crippen molar-refractivity contribution in [1.82, 2.24) is 5.32 Å². The summed E-state index contributed by atoms with van der Waals surface area (Å²) in [5, 5.41) is 2.97. The Bertz CT molecular complexity index is 267.